The van der Waals surface area contributed by atoms with Crippen molar-refractivity contribution < 1.29 is 0 Å². The maximum Gasteiger partial charge on any atom is 0.365 e. The van der Waals surface area contributed by atoms with Crippen molar-refractivity contribution in [2.45, 2.75) is 0 Å². The largest absolute Gasteiger partial charge is 0.365 e. The van der Waals surface area contributed by atoms with Gasteiger partial charge in [0.2, 0.25) is 0 Å². The van der Waals surface area contributed by atoms with Crippen molar-refractivity contribution in [1.82, 2.24) is 14.1 Å². The van der Waals surface area contributed by atoms with Gasteiger partial charge in [0, 0.05) is 11.8 Å². The molecule has 0 fully saturated rings. The van der Waals surface area contributed by atoms with Crippen molar-refractivity contribution >= 4 is 11.8 Å². The van der Waals surface area contributed by atoms with Gasteiger partial charge in [-0.05, 0) is 0 Å². The van der Waals surface area contributed by atoms with E-state index in [1.165, 1.54) is 6.33 Å². The molecule has 0 radical (unpaired) electrons. The average Bonchev–Trinajstić information content (AvgIpc) is 1.77. The Balaban J connectivity index is 3.35. The maximum atomic E-state index is 10.3. The lowest BCUT2D eigenvalue weighted by molar-refractivity contribution is 0.931. The molecule has 0 bridgehead atoms. The van der Waals surface area contributed by atoms with Crippen molar-refractivity contribution in [2.24, 2.45) is 0 Å². The minimum atomic E-state index is -0.512. The Bertz CT molecular complexity index is 232. The van der Waals surface area contributed by atoms with Gasteiger partial charge in [0.15, 0.2) is 0 Å². The zero-order valence-electron chi connectivity index (χ0n) is 3.78. The van der Waals surface area contributed by atoms with E-state index in [0.29, 0.717) is 0 Å². The Hall–Kier alpha value is -0.900. The molecule has 0 aliphatic carbocycles. The minimum Gasteiger partial charge on any atom is -0.244 e. The lowest BCUT2D eigenvalue weighted by Gasteiger charge is -1.83. The van der Waals surface area contributed by atoms with E-state index in [0.717, 1.165) is 10.4 Å². The molecular formula is C3H2ClN3O. The quantitative estimate of drug-likeness (QED) is 0.483. The van der Waals surface area contributed by atoms with Crippen molar-refractivity contribution in [3.63, 3.8) is 0 Å². The van der Waals surface area contributed by atoms with Gasteiger partial charge in [0.25, 0.3) is 0 Å². The van der Waals surface area contributed by atoms with Crippen LogP contribution in [-0.2, 0) is 0 Å². The number of aromatic nitrogens is 3. The number of nitrogens with zero attached hydrogens (tertiary/aromatic N) is 3. The number of hydrogen-bond acceptors (Lipinski definition) is 3. The Kier molecular flexibility index (Phi) is 1.26. The van der Waals surface area contributed by atoms with Gasteiger partial charge in [0.1, 0.15) is 12.7 Å². The van der Waals surface area contributed by atoms with Crippen LogP contribution in [0.4, 0.5) is 0 Å². The molecule has 0 spiro atoms. The number of hydrogen-bond donors (Lipinski definition) is 0. The molecule has 0 saturated carbocycles. The molecule has 5 heteroatoms. The summed E-state index contributed by atoms with van der Waals surface area (Å²) >= 11 is 5.19. The summed E-state index contributed by atoms with van der Waals surface area (Å²) in [5.41, 5.74) is -0.512. The van der Waals surface area contributed by atoms with Gasteiger partial charge in [-0.25, -0.2) is 9.78 Å². The van der Waals surface area contributed by atoms with Gasteiger partial charge in [0.05, 0.1) is 0 Å². The lowest BCUT2D eigenvalue weighted by Crippen LogP contribution is -2.14. The highest BCUT2D eigenvalue weighted by molar-refractivity contribution is 6.14. The standard InChI is InChI=1S/C3H2ClN3O/c4-7-2-5-1-6-3(7)8/h1-2H. The Morgan fingerprint density at radius 2 is 2.50 bits per heavy atom. The summed E-state index contributed by atoms with van der Waals surface area (Å²) in [6, 6.07) is 0. The van der Waals surface area contributed by atoms with E-state index in [2.05, 4.69) is 9.97 Å². The summed E-state index contributed by atoms with van der Waals surface area (Å²) in [5, 5.41) is 0. The SMILES string of the molecule is O=c1ncncn1Cl. The third kappa shape index (κ3) is 0.840. The molecule has 0 saturated heterocycles. The van der Waals surface area contributed by atoms with Crippen LogP contribution in [-0.4, -0.2) is 14.1 Å². The van der Waals surface area contributed by atoms with Gasteiger partial charge in [-0.2, -0.15) is 9.07 Å². The van der Waals surface area contributed by atoms with Crippen LogP contribution >= 0.6 is 11.8 Å². The summed E-state index contributed by atoms with van der Waals surface area (Å²) < 4.78 is 0.778. The average molecular weight is 132 g/mol. The third-order valence-electron chi connectivity index (χ3n) is 0.586. The van der Waals surface area contributed by atoms with Crippen LogP contribution in [0.15, 0.2) is 17.4 Å². The lowest BCUT2D eigenvalue weighted by atomic mass is 11.1. The van der Waals surface area contributed by atoms with Crippen LogP contribution in [0, 0.1) is 0 Å². The summed E-state index contributed by atoms with van der Waals surface area (Å²) in [4.78, 5) is 17.0. The van der Waals surface area contributed by atoms with E-state index in [1.54, 1.807) is 0 Å². The van der Waals surface area contributed by atoms with E-state index >= 15 is 0 Å². The molecule has 0 N–H and O–H groups in total. The highest BCUT2D eigenvalue weighted by atomic mass is 35.5. The Labute approximate surface area is 49.9 Å². The van der Waals surface area contributed by atoms with Crippen LogP contribution in [0.3, 0.4) is 0 Å². The topological polar surface area (TPSA) is 47.8 Å². The fraction of sp³-hybridized carbons (Fsp3) is 0. The smallest absolute Gasteiger partial charge is 0.244 e. The first-order valence-electron chi connectivity index (χ1n) is 1.85. The van der Waals surface area contributed by atoms with E-state index < -0.39 is 5.69 Å². The summed E-state index contributed by atoms with van der Waals surface area (Å²) in [6.45, 7) is 0. The van der Waals surface area contributed by atoms with Crippen molar-refractivity contribution in [3.8, 4) is 0 Å². The fourth-order valence-electron chi connectivity index (χ4n) is 0.276. The van der Waals surface area contributed by atoms with E-state index in [4.69, 9.17) is 11.8 Å². The highest BCUT2D eigenvalue weighted by Gasteiger charge is 1.84. The fourth-order valence-corrected chi connectivity index (χ4v) is 0.370. The molecule has 0 amide bonds. The molecule has 0 aliphatic heterocycles. The van der Waals surface area contributed by atoms with Gasteiger partial charge in [-0.1, -0.05) is 0 Å². The monoisotopic (exact) mass is 131 g/mol. The molecule has 0 aliphatic rings. The molecule has 0 atom stereocenters. The van der Waals surface area contributed by atoms with Crippen LogP contribution in [0.5, 0.6) is 0 Å². The minimum absolute atomic E-state index is 0.512. The van der Waals surface area contributed by atoms with Gasteiger partial charge < -0.3 is 0 Å². The zero-order chi connectivity index (χ0) is 5.98. The number of rotatable bonds is 0. The molecule has 42 valence electrons. The summed E-state index contributed by atoms with van der Waals surface area (Å²) in [5.74, 6) is 0. The molecule has 0 aromatic carbocycles. The predicted octanol–water partition coefficient (Wildman–Crippen LogP) is -0.360. The first kappa shape index (κ1) is 5.24. The zero-order valence-corrected chi connectivity index (χ0v) is 4.54. The second kappa shape index (κ2) is 1.92. The van der Waals surface area contributed by atoms with E-state index in [-0.39, 0.29) is 0 Å². The Morgan fingerprint density at radius 1 is 1.75 bits per heavy atom. The van der Waals surface area contributed by atoms with Gasteiger partial charge in [-0.3, -0.25) is 0 Å². The van der Waals surface area contributed by atoms with Crippen molar-refractivity contribution in [1.29, 1.82) is 0 Å². The molecule has 1 rings (SSSR count). The van der Waals surface area contributed by atoms with Gasteiger partial charge >= 0.3 is 5.69 Å². The van der Waals surface area contributed by atoms with Crippen LogP contribution in [0.1, 0.15) is 0 Å². The molecule has 1 aromatic rings. The van der Waals surface area contributed by atoms with Crippen molar-refractivity contribution in [2.75, 3.05) is 0 Å². The van der Waals surface area contributed by atoms with Crippen molar-refractivity contribution in [3.05, 3.63) is 23.1 Å². The first-order chi connectivity index (χ1) is 3.80. The van der Waals surface area contributed by atoms with Crippen LogP contribution in [0.25, 0.3) is 0 Å². The third-order valence-corrected chi connectivity index (χ3v) is 0.818. The van der Waals surface area contributed by atoms with Crippen LogP contribution < -0.4 is 5.69 Å². The molecule has 1 aromatic heterocycles. The van der Waals surface area contributed by atoms with E-state index in [1.807, 2.05) is 0 Å². The molecule has 8 heavy (non-hydrogen) atoms. The molecule has 1 heterocycles. The second-order valence-electron chi connectivity index (χ2n) is 1.10. The number of halogens is 1. The highest BCUT2D eigenvalue weighted by Crippen LogP contribution is 1.72. The molecule has 0 unspecified atom stereocenters. The summed E-state index contributed by atoms with van der Waals surface area (Å²) in [7, 11) is 0. The molecular weight excluding hydrogens is 130 g/mol. The Morgan fingerprint density at radius 3 is 2.88 bits per heavy atom. The maximum absolute atomic E-state index is 10.3. The summed E-state index contributed by atoms with van der Waals surface area (Å²) in [6.07, 6.45) is 2.32. The van der Waals surface area contributed by atoms with E-state index in [9.17, 15) is 4.79 Å². The van der Waals surface area contributed by atoms with Crippen LogP contribution in [0.2, 0.25) is 0 Å². The first-order valence-corrected chi connectivity index (χ1v) is 2.19. The normalized spacial score (nSPS) is 9.12. The second-order valence-corrected chi connectivity index (χ2v) is 1.47. The predicted molar refractivity (Wildman–Crippen MR) is 27.5 cm³/mol. The van der Waals surface area contributed by atoms with Gasteiger partial charge in [-0.15, -0.1) is 0 Å². The molecule has 4 nitrogen and oxygen atoms in total.